The maximum atomic E-state index is 12.0. The second-order valence-electron chi connectivity index (χ2n) is 7.16. The second kappa shape index (κ2) is 5.36. The molecule has 0 spiro atoms. The highest BCUT2D eigenvalue weighted by molar-refractivity contribution is 6.62. The van der Waals surface area contributed by atoms with Crippen molar-refractivity contribution in [3.8, 4) is 6.07 Å². The fourth-order valence-corrected chi connectivity index (χ4v) is 2.89. The molecule has 0 saturated carbocycles. The average Bonchev–Trinajstić information content (AvgIpc) is 2.99. The second-order valence-corrected chi connectivity index (χ2v) is 7.16. The van der Waals surface area contributed by atoms with Gasteiger partial charge in [0.25, 0.3) is 0 Å². The zero-order valence-corrected chi connectivity index (χ0v) is 14.0. The highest BCUT2D eigenvalue weighted by Gasteiger charge is 2.51. The Kier molecular flexibility index (Phi) is 3.74. The molecule has 1 aromatic carbocycles. The Balaban J connectivity index is 1.97. The minimum absolute atomic E-state index is 0.0972. The van der Waals surface area contributed by atoms with Crippen LogP contribution in [0.15, 0.2) is 18.2 Å². The van der Waals surface area contributed by atoms with Crippen molar-refractivity contribution in [1.82, 2.24) is 0 Å². The van der Waals surface area contributed by atoms with Crippen LogP contribution in [0.4, 0.5) is 5.69 Å². The minimum atomic E-state index is -0.537. The van der Waals surface area contributed by atoms with Crippen LogP contribution in [0.2, 0.25) is 0 Å². The summed E-state index contributed by atoms with van der Waals surface area (Å²) in [4.78, 5) is 13.7. The molecule has 6 heteroatoms. The fraction of sp³-hybridized carbons (Fsp3) is 0.529. The maximum absolute atomic E-state index is 12.0. The molecule has 0 atom stereocenters. The molecule has 23 heavy (non-hydrogen) atoms. The zero-order chi connectivity index (χ0) is 16.8. The van der Waals surface area contributed by atoms with Crippen LogP contribution in [-0.2, 0) is 14.1 Å². The smallest absolute Gasteiger partial charge is 0.399 e. The van der Waals surface area contributed by atoms with Crippen LogP contribution in [0.25, 0.3) is 0 Å². The van der Waals surface area contributed by atoms with E-state index in [4.69, 9.17) is 9.31 Å². The van der Waals surface area contributed by atoms with Crippen LogP contribution in [0.3, 0.4) is 0 Å². The summed E-state index contributed by atoms with van der Waals surface area (Å²) in [6, 6.07) is 7.57. The van der Waals surface area contributed by atoms with E-state index in [1.807, 2.05) is 33.8 Å². The van der Waals surface area contributed by atoms with Crippen molar-refractivity contribution in [3.05, 3.63) is 23.8 Å². The van der Waals surface area contributed by atoms with E-state index < -0.39 is 18.3 Å². The summed E-state index contributed by atoms with van der Waals surface area (Å²) in [6.07, 6.45) is 1.41. The molecule has 120 valence electrons. The number of anilines is 1. The van der Waals surface area contributed by atoms with E-state index in [9.17, 15) is 10.1 Å². The molecule has 0 aliphatic carbocycles. The van der Waals surface area contributed by atoms with Crippen molar-refractivity contribution in [2.75, 3.05) is 11.4 Å². The van der Waals surface area contributed by atoms with Gasteiger partial charge in [0.2, 0.25) is 5.91 Å². The fourth-order valence-electron chi connectivity index (χ4n) is 2.89. The third-order valence-electron chi connectivity index (χ3n) is 4.98. The lowest BCUT2D eigenvalue weighted by molar-refractivity contribution is -0.117. The Morgan fingerprint density at radius 2 is 1.83 bits per heavy atom. The molecule has 2 aliphatic heterocycles. The SMILES string of the molecule is CC1(C)OB(c2cc(C#N)cc(N3CCCC3=O)c2)OC1(C)C. The van der Waals surface area contributed by atoms with Gasteiger partial charge in [-0.1, -0.05) is 0 Å². The van der Waals surface area contributed by atoms with Crippen LogP contribution in [0.5, 0.6) is 0 Å². The lowest BCUT2D eigenvalue weighted by atomic mass is 9.78. The van der Waals surface area contributed by atoms with E-state index in [-0.39, 0.29) is 5.91 Å². The summed E-state index contributed by atoms with van der Waals surface area (Å²) in [5.74, 6) is 0.0972. The molecule has 0 aromatic heterocycles. The number of nitrogens with zero attached hydrogens (tertiary/aromatic N) is 2. The lowest BCUT2D eigenvalue weighted by Crippen LogP contribution is -2.41. The molecular weight excluding hydrogens is 291 g/mol. The van der Waals surface area contributed by atoms with E-state index in [0.717, 1.165) is 17.6 Å². The molecule has 0 N–H and O–H groups in total. The van der Waals surface area contributed by atoms with Gasteiger partial charge in [-0.05, 0) is 57.8 Å². The quantitative estimate of drug-likeness (QED) is 0.784. The standard InChI is InChI=1S/C17H21BN2O3/c1-16(2)17(3,4)23-18(22-16)13-8-12(11-19)9-14(10-13)20-7-5-6-15(20)21/h8-10H,5-7H2,1-4H3. The van der Waals surface area contributed by atoms with Gasteiger partial charge in [0.15, 0.2) is 0 Å². The number of benzene rings is 1. The van der Waals surface area contributed by atoms with Crippen LogP contribution in [-0.4, -0.2) is 30.8 Å². The van der Waals surface area contributed by atoms with Gasteiger partial charge >= 0.3 is 7.12 Å². The van der Waals surface area contributed by atoms with E-state index >= 15 is 0 Å². The van der Waals surface area contributed by atoms with Crippen molar-refractivity contribution >= 4 is 24.2 Å². The number of carbonyl (C=O) groups excluding carboxylic acids is 1. The van der Waals surface area contributed by atoms with Crippen LogP contribution < -0.4 is 10.4 Å². The number of carbonyl (C=O) groups is 1. The predicted molar refractivity (Wildman–Crippen MR) is 88.5 cm³/mol. The predicted octanol–water partition coefficient (Wildman–Crippen LogP) is 1.98. The molecule has 0 bridgehead atoms. The largest absolute Gasteiger partial charge is 0.494 e. The van der Waals surface area contributed by atoms with E-state index in [2.05, 4.69) is 6.07 Å². The molecule has 3 rings (SSSR count). The highest BCUT2D eigenvalue weighted by Crippen LogP contribution is 2.36. The Bertz CT molecular complexity index is 678. The van der Waals surface area contributed by atoms with Gasteiger partial charge in [0.05, 0.1) is 22.8 Å². The first kappa shape index (κ1) is 16.0. The molecule has 1 aromatic rings. The van der Waals surface area contributed by atoms with Gasteiger partial charge in [-0.2, -0.15) is 5.26 Å². The van der Waals surface area contributed by atoms with E-state index in [0.29, 0.717) is 18.5 Å². The van der Waals surface area contributed by atoms with Gasteiger partial charge in [-0.25, -0.2) is 0 Å². The van der Waals surface area contributed by atoms with Gasteiger partial charge in [0.1, 0.15) is 0 Å². The molecule has 1 amide bonds. The van der Waals surface area contributed by atoms with Gasteiger partial charge in [-0.15, -0.1) is 0 Å². The topological polar surface area (TPSA) is 62.6 Å². The van der Waals surface area contributed by atoms with E-state index in [1.54, 1.807) is 17.0 Å². The third kappa shape index (κ3) is 2.75. The first-order valence-corrected chi connectivity index (χ1v) is 7.95. The Morgan fingerprint density at radius 3 is 2.35 bits per heavy atom. The maximum Gasteiger partial charge on any atom is 0.494 e. The van der Waals surface area contributed by atoms with Crippen molar-refractivity contribution in [1.29, 1.82) is 5.26 Å². The average molecular weight is 312 g/mol. The van der Waals surface area contributed by atoms with Gasteiger partial charge in [-0.3, -0.25) is 4.79 Å². The van der Waals surface area contributed by atoms with E-state index in [1.165, 1.54) is 0 Å². The Morgan fingerprint density at radius 1 is 1.17 bits per heavy atom. The molecule has 2 heterocycles. The number of amides is 1. The molecule has 2 aliphatic rings. The number of nitriles is 1. The van der Waals surface area contributed by atoms with Crippen molar-refractivity contribution in [2.24, 2.45) is 0 Å². The summed E-state index contributed by atoms with van der Waals surface area (Å²) < 4.78 is 12.1. The number of hydrogen-bond acceptors (Lipinski definition) is 4. The summed E-state index contributed by atoms with van der Waals surface area (Å²) in [6.45, 7) is 8.66. The summed E-state index contributed by atoms with van der Waals surface area (Å²) >= 11 is 0. The van der Waals surface area contributed by atoms with Crippen molar-refractivity contribution < 1.29 is 14.1 Å². The van der Waals surface area contributed by atoms with Gasteiger partial charge < -0.3 is 14.2 Å². The Labute approximate surface area is 137 Å². The molecule has 0 unspecified atom stereocenters. The summed E-state index contributed by atoms with van der Waals surface area (Å²) in [7, 11) is -0.537. The summed E-state index contributed by atoms with van der Waals surface area (Å²) in [5.41, 5.74) is 1.15. The van der Waals surface area contributed by atoms with Crippen molar-refractivity contribution in [2.45, 2.75) is 51.7 Å². The molecular formula is C17H21BN2O3. The zero-order valence-electron chi connectivity index (χ0n) is 14.0. The van der Waals surface area contributed by atoms with Crippen LogP contribution in [0.1, 0.15) is 46.1 Å². The molecule has 2 fully saturated rings. The van der Waals surface area contributed by atoms with Crippen LogP contribution in [0, 0.1) is 11.3 Å². The van der Waals surface area contributed by atoms with Gasteiger partial charge in [0, 0.05) is 18.7 Å². The monoisotopic (exact) mass is 312 g/mol. The molecule has 5 nitrogen and oxygen atoms in total. The molecule has 0 radical (unpaired) electrons. The number of rotatable bonds is 2. The summed E-state index contributed by atoms with van der Waals surface area (Å²) in [5, 5.41) is 9.31. The van der Waals surface area contributed by atoms with Crippen molar-refractivity contribution in [3.63, 3.8) is 0 Å². The first-order chi connectivity index (χ1) is 10.7. The number of hydrogen-bond donors (Lipinski definition) is 0. The lowest BCUT2D eigenvalue weighted by Gasteiger charge is -2.32. The third-order valence-corrected chi connectivity index (χ3v) is 4.98. The van der Waals surface area contributed by atoms with Crippen LogP contribution >= 0.6 is 0 Å². The minimum Gasteiger partial charge on any atom is -0.399 e. The molecule has 2 saturated heterocycles. The Hall–Kier alpha value is -1.84. The normalized spacial score (nSPS) is 22.5. The first-order valence-electron chi connectivity index (χ1n) is 7.95. The highest BCUT2D eigenvalue weighted by atomic mass is 16.7.